The summed E-state index contributed by atoms with van der Waals surface area (Å²) in [5.41, 5.74) is 2.80. The number of thiazole rings is 1. The van der Waals surface area contributed by atoms with Crippen molar-refractivity contribution >= 4 is 40.9 Å². The Morgan fingerprint density at radius 1 is 1.11 bits per heavy atom. The summed E-state index contributed by atoms with van der Waals surface area (Å²) in [5.74, 6) is -2.90. The van der Waals surface area contributed by atoms with Gasteiger partial charge in [-0.3, -0.25) is 24.1 Å². The van der Waals surface area contributed by atoms with Crippen LogP contribution in [0, 0.1) is 12.8 Å². The summed E-state index contributed by atoms with van der Waals surface area (Å²) >= 11 is 2.09. The molecule has 11 heteroatoms. The zero-order chi connectivity index (χ0) is 25.6. The predicted molar refractivity (Wildman–Crippen MR) is 133 cm³/mol. The lowest BCUT2D eigenvalue weighted by Crippen LogP contribution is -2.36. The molecule has 0 saturated carbocycles. The van der Waals surface area contributed by atoms with Crippen molar-refractivity contribution < 1.29 is 29.0 Å². The third kappa shape index (κ3) is 4.18. The number of rotatable bonds is 7. The lowest BCUT2D eigenvalue weighted by Gasteiger charge is -2.30. The van der Waals surface area contributed by atoms with Crippen molar-refractivity contribution in [3.05, 3.63) is 73.7 Å². The van der Waals surface area contributed by atoms with E-state index >= 15 is 0 Å². The van der Waals surface area contributed by atoms with E-state index in [1.54, 1.807) is 18.2 Å². The minimum Gasteiger partial charge on any atom is -0.493 e. The van der Waals surface area contributed by atoms with Crippen LogP contribution in [-0.4, -0.2) is 51.7 Å². The molecule has 186 valence electrons. The van der Waals surface area contributed by atoms with E-state index in [9.17, 15) is 24.3 Å². The number of fused-ring (bicyclic) bond motifs is 2. The van der Waals surface area contributed by atoms with E-state index in [1.807, 2.05) is 31.2 Å². The molecule has 3 aromatic rings. The predicted octanol–water partition coefficient (Wildman–Crippen LogP) is 3.01. The number of carbonyl (C=O) groups is 3. The molecule has 2 amide bonds. The molecule has 0 unspecified atom stereocenters. The first kappa shape index (κ1) is 24.1. The largest absolute Gasteiger partial charge is 0.493 e. The lowest BCUT2D eigenvalue weighted by atomic mass is 9.83. The molecular weight excluding hydrogens is 504 g/mol. The number of carboxylic acids is 1. The van der Waals surface area contributed by atoms with Crippen molar-refractivity contribution in [1.29, 1.82) is 0 Å². The molecule has 0 aliphatic carbocycles. The Morgan fingerprint density at radius 3 is 2.61 bits per heavy atom. The summed E-state index contributed by atoms with van der Waals surface area (Å²) < 4.78 is 11.6. The van der Waals surface area contributed by atoms with Crippen molar-refractivity contribution in [3.8, 4) is 11.5 Å². The van der Waals surface area contributed by atoms with Gasteiger partial charge in [0, 0.05) is 10.8 Å². The van der Waals surface area contributed by atoms with Gasteiger partial charge in [-0.2, -0.15) is 0 Å². The molecule has 0 radical (unpaired) electrons. The van der Waals surface area contributed by atoms with E-state index in [0.717, 1.165) is 39.1 Å². The van der Waals surface area contributed by atoms with Crippen molar-refractivity contribution in [3.63, 3.8) is 0 Å². The van der Waals surface area contributed by atoms with Crippen LogP contribution in [0.1, 0.15) is 27.5 Å². The zero-order valence-electron chi connectivity index (χ0n) is 19.3. The average molecular weight is 527 g/mol. The fraction of sp³-hybridized carbons (Fsp3) is 0.280. The first-order valence-corrected chi connectivity index (χ1v) is 12.8. The molecule has 9 nitrogen and oxygen atoms in total. The molecule has 3 heterocycles. The molecule has 1 fully saturated rings. The number of aromatic amines is 1. The number of aromatic nitrogens is 1. The number of H-pyrrole nitrogens is 1. The van der Waals surface area contributed by atoms with Gasteiger partial charge in [-0.05, 0) is 35.7 Å². The molecule has 0 spiro atoms. The van der Waals surface area contributed by atoms with Crippen LogP contribution in [0.4, 0.5) is 0 Å². The Labute approximate surface area is 214 Å². The molecule has 36 heavy (non-hydrogen) atoms. The summed E-state index contributed by atoms with van der Waals surface area (Å²) in [7, 11) is 1.51. The maximum Gasteiger partial charge on any atom is 0.323 e. The number of nitrogens with zero attached hydrogens (tertiary/aromatic N) is 1. The maximum atomic E-state index is 13.3. The number of amides is 2. The van der Waals surface area contributed by atoms with E-state index in [4.69, 9.17) is 9.47 Å². The highest BCUT2D eigenvalue weighted by Gasteiger charge is 2.56. The van der Waals surface area contributed by atoms with E-state index in [0.29, 0.717) is 33.6 Å². The van der Waals surface area contributed by atoms with E-state index < -0.39 is 41.4 Å². The molecule has 1 saturated heterocycles. The number of benzene rings is 2. The summed E-state index contributed by atoms with van der Waals surface area (Å²) in [6.45, 7) is 1.65. The van der Waals surface area contributed by atoms with Crippen LogP contribution >= 0.6 is 23.1 Å². The second-order valence-corrected chi connectivity index (χ2v) is 10.7. The van der Waals surface area contributed by atoms with Crippen molar-refractivity contribution in [1.82, 2.24) is 9.88 Å². The van der Waals surface area contributed by atoms with Crippen LogP contribution < -0.4 is 14.3 Å². The normalized spacial score (nSPS) is 20.7. The number of thioether (sulfide) groups is 1. The second kappa shape index (κ2) is 9.47. The lowest BCUT2D eigenvalue weighted by molar-refractivity contribution is -0.149. The molecule has 0 bridgehead atoms. The fourth-order valence-electron chi connectivity index (χ4n) is 4.65. The second-order valence-electron chi connectivity index (χ2n) is 8.53. The van der Waals surface area contributed by atoms with Gasteiger partial charge < -0.3 is 19.6 Å². The molecule has 5 rings (SSSR count). The van der Waals surface area contributed by atoms with Gasteiger partial charge in [-0.25, -0.2) is 0 Å². The summed E-state index contributed by atoms with van der Waals surface area (Å²) in [5, 5.41) is 8.91. The smallest absolute Gasteiger partial charge is 0.323 e. The van der Waals surface area contributed by atoms with Gasteiger partial charge in [0.1, 0.15) is 18.4 Å². The summed E-state index contributed by atoms with van der Waals surface area (Å²) in [6, 6.07) is 13.2. The Hall–Kier alpha value is -3.57. The standard InChI is InChI=1S/C25H22N2O7S2/c1-12-5-3-4-6-14(12)11-34-15-8-7-13(9-16(15)33-2)18-19-21(35-22-20(18)36-25(32)26-22)24(31)27(23(19)30)10-17(28)29/h3-9,18-19,21H,10-11H2,1-2H3,(H,26,32)(H,28,29)/t18-,19+,21-/m0/s1. The zero-order valence-corrected chi connectivity index (χ0v) is 21.0. The van der Waals surface area contributed by atoms with Crippen LogP contribution in [0.5, 0.6) is 11.5 Å². The minimum absolute atomic E-state index is 0.287. The maximum absolute atomic E-state index is 13.3. The Balaban J connectivity index is 1.52. The van der Waals surface area contributed by atoms with Crippen LogP contribution in [0.25, 0.3) is 0 Å². The topological polar surface area (TPSA) is 126 Å². The molecule has 2 aliphatic heterocycles. The van der Waals surface area contributed by atoms with Crippen molar-refractivity contribution in [2.24, 2.45) is 5.92 Å². The molecule has 2 N–H and O–H groups in total. The number of methoxy groups -OCH3 is 1. The number of hydrogen-bond acceptors (Lipinski definition) is 8. The van der Waals surface area contributed by atoms with Gasteiger partial charge in [-0.1, -0.05) is 53.4 Å². The third-order valence-corrected chi connectivity index (χ3v) is 8.80. The van der Waals surface area contributed by atoms with Gasteiger partial charge in [0.15, 0.2) is 11.5 Å². The summed E-state index contributed by atoms with van der Waals surface area (Å²) in [4.78, 5) is 53.7. The highest BCUT2D eigenvalue weighted by atomic mass is 32.2. The molecule has 1 aromatic heterocycles. The van der Waals surface area contributed by atoms with E-state index in [1.165, 1.54) is 7.11 Å². The Kier molecular flexibility index (Phi) is 6.35. The van der Waals surface area contributed by atoms with E-state index in [-0.39, 0.29) is 4.87 Å². The number of imide groups is 1. The summed E-state index contributed by atoms with van der Waals surface area (Å²) in [6.07, 6.45) is 0. The number of aliphatic carboxylic acids is 1. The van der Waals surface area contributed by atoms with E-state index in [2.05, 4.69) is 4.98 Å². The number of likely N-dealkylation sites (tertiary alicyclic amines) is 1. The number of ether oxygens (including phenoxy) is 2. The van der Waals surface area contributed by atoms with Gasteiger partial charge in [0.2, 0.25) is 11.8 Å². The quantitative estimate of drug-likeness (QED) is 0.450. The number of aryl methyl sites for hydroxylation is 1. The molecule has 2 aliphatic rings. The van der Waals surface area contributed by atoms with Crippen LogP contribution in [-0.2, 0) is 21.0 Å². The first-order chi connectivity index (χ1) is 17.3. The Bertz CT molecular complexity index is 1430. The number of carbonyl (C=O) groups excluding carboxylic acids is 2. The Morgan fingerprint density at radius 2 is 1.89 bits per heavy atom. The number of nitrogens with one attached hydrogen (secondary N) is 1. The molecule has 2 aromatic carbocycles. The van der Waals surface area contributed by atoms with Crippen molar-refractivity contribution in [2.45, 2.75) is 29.7 Å². The van der Waals surface area contributed by atoms with Gasteiger partial charge in [0.25, 0.3) is 0 Å². The average Bonchev–Trinajstić information content (AvgIpc) is 3.33. The highest BCUT2D eigenvalue weighted by Crippen LogP contribution is 2.53. The fourth-order valence-corrected chi connectivity index (χ4v) is 7.19. The third-order valence-electron chi connectivity index (χ3n) is 6.40. The SMILES string of the molecule is COc1cc([C@@H]2c3sc(=O)[nH]c3S[C@@H]3C(=O)N(CC(=O)O)C(=O)[C@H]23)ccc1OCc1ccccc1C. The highest BCUT2D eigenvalue weighted by molar-refractivity contribution is 8.00. The number of carboxylic acid groups (broad SMARTS) is 1. The van der Waals surface area contributed by atoms with Crippen LogP contribution in [0.2, 0.25) is 0 Å². The van der Waals surface area contributed by atoms with Crippen LogP contribution in [0.3, 0.4) is 0 Å². The van der Waals surface area contributed by atoms with Crippen LogP contribution in [0.15, 0.2) is 52.3 Å². The number of hydrogen-bond donors (Lipinski definition) is 2. The minimum atomic E-state index is -1.27. The molecule has 3 atom stereocenters. The first-order valence-electron chi connectivity index (χ1n) is 11.1. The van der Waals surface area contributed by atoms with Gasteiger partial charge in [-0.15, -0.1) is 0 Å². The van der Waals surface area contributed by atoms with Gasteiger partial charge >= 0.3 is 10.8 Å². The monoisotopic (exact) mass is 526 g/mol. The van der Waals surface area contributed by atoms with Gasteiger partial charge in [0.05, 0.1) is 18.1 Å². The molecular formula is C25H22N2O7S2. The van der Waals surface area contributed by atoms with Crippen molar-refractivity contribution in [2.75, 3.05) is 13.7 Å².